The van der Waals surface area contributed by atoms with E-state index in [9.17, 15) is 9.59 Å². The van der Waals surface area contributed by atoms with Crippen molar-refractivity contribution in [2.45, 2.75) is 38.8 Å². The number of nitrogens with zero attached hydrogens (tertiary/aromatic N) is 1. The third-order valence-corrected chi connectivity index (χ3v) is 2.55. The quantitative estimate of drug-likeness (QED) is 0.775. The highest BCUT2D eigenvalue weighted by atomic mass is 35.5. The number of carbonyl (C=O) groups is 2. The van der Waals surface area contributed by atoms with Crippen LogP contribution in [0.3, 0.4) is 0 Å². The Balaban J connectivity index is 0.00000324. The minimum absolute atomic E-state index is 0. The Bertz CT molecular complexity index is 317. The maximum absolute atomic E-state index is 11.9. The number of hydrogen-bond donors (Lipinski definition) is 1. The van der Waals surface area contributed by atoms with Crippen LogP contribution in [0.2, 0.25) is 0 Å². The van der Waals surface area contributed by atoms with E-state index >= 15 is 0 Å². The van der Waals surface area contributed by atoms with Gasteiger partial charge in [0.05, 0.1) is 13.5 Å². The molecule has 0 bridgehead atoms. The summed E-state index contributed by atoms with van der Waals surface area (Å²) in [5.74, 6) is -0.279. The topological polar surface area (TPSA) is 67.9 Å². The maximum Gasteiger partial charge on any atom is 0.410 e. The molecule has 1 saturated heterocycles. The Kier molecular flexibility index (Phi) is 7.15. The van der Waals surface area contributed by atoms with E-state index in [0.29, 0.717) is 19.6 Å². The summed E-state index contributed by atoms with van der Waals surface area (Å²) in [6, 6.07) is -0.0706. The minimum atomic E-state index is -0.500. The summed E-state index contributed by atoms with van der Waals surface area (Å²) in [5, 5.41) is 3.18. The number of halogens is 1. The molecule has 0 aromatic heterocycles. The van der Waals surface area contributed by atoms with E-state index in [4.69, 9.17) is 4.74 Å². The normalized spacial score (nSPS) is 19.4. The molecule has 1 heterocycles. The van der Waals surface area contributed by atoms with Crippen LogP contribution in [0.4, 0.5) is 4.79 Å². The van der Waals surface area contributed by atoms with Gasteiger partial charge in [-0.2, -0.15) is 0 Å². The molecule has 1 rings (SSSR count). The van der Waals surface area contributed by atoms with Crippen molar-refractivity contribution in [2.75, 3.05) is 26.7 Å². The first-order valence-electron chi connectivity index (χ1n) is 6.10. The Morgan fingerprint density at radius 2 is 2.00 bits per heavy atom. The van der Waals surface area contributed by atoms with Gasteiger partial charge in [-0.1, -0.05) is 0 Å². The molecule has 6 nitrogen and oxygen atoms in total. The first kappa shape index (κ1) is 18.0. The van der Waals surface area contributed by atoms with Crippen LogP contribution in [0.5, 0.6) is 0 Å². The summed E-state index contributed by atoms with van der Waals surface area (Å²) in [6.07, 6.45) is -0.0747. The number of piperazine rings is 1. The lowest BCUT2D eigenvalue weighted by molar-refractivity contribution is -0.141. The predicted molar refractivity (Wildman–Crippen MR) is 73.5 cm³/mol. The summed E-state index contributed by atoms with van der Waals surface area (Å²) in [5.41, 5.74) is -0.500. The first-order valence-corrected chi connectivity index (χ1v) is 6.10. The Morgan fingerprint density at radius 1 is 1.37 bits per heavy atom. The lowest BCUT2D eigenvalue weighted by Gasteiger charge is -2.34. The van der Waals surface area contributed by atoms with Crippen molar-refractivity contribution in [3.8, 4) is 0 Å². The van der Waals surface area contributed by atoms with Crippen LogP contribution < -0.4 is 5.32 Å². The number of ether oxygens (including phenoxy) is 2. The summed E-state index contributed by atoms with van der Waals surface area (Å²) in [4.78, 5) is 24.7. The van der Waals surface area contributed by atoms with Gasteiger partial charge in [-0.25, -0.2) is 4.79 Å². The number of amides is 1. The molecule has 0 saturated carbocycles. The highest BCUT2D eigenvalue weighted by Crippen LogP contribution is 2.12. The number of esters is 1. The number of hydrogen-bond acceptors (Lipinski definition) is 5. The zero-order valence-electron chi connectivity index (χ0n) is 11.9. The van der Waals surface area contributed by atoms with Crippen LogP contribution in [-0.2, 0) is 14.3 Å². The van der Waals surface area contributed by atoms with Gasteiger partial charge in [-0.15, -0.1) is 12.4 Å². The Labute approximate surface area is 120 Å². The van der Waals surface area contributed by atoms with Crippen molar-refractivity contribution in [3.05, 3.63) is 0 Å². The van der Waals surface area contributed by atoms with Crippen LogP contribution in [0.25, 0.3) is 0 Å². The molecule has 0 unspecified atom stereocenters. The van der Waals surface area contributed by atoms with Crippen molar-refractivity contribution in [1.29, 1.82) is 0 Å². The second kappa shape index (κ2) is 7.55. The van der Waals surface area contributed by atoms with E-state index < -0.39 is 5.60 Å². The molecule has 1 aliphatic rings. The molecule has 1 N–H and O–H groups in total. The molecular weight excluding hydrogens is 272 g/mol. The summed E-state index contributed by atoms with van der Waals surface area (Å²) < 4.78 is 9.92. The van der Waals surface area contributed by atoms with E-state index in [1.54, 1.807) is 4.90 Å². The van der Waals surface area contributed by atoms with Crippen LogP contribution in [0, 0.1) is 0 Å². The van der Waals surface area contributed by atoms with Crippen LogP contribution in [-0.4, -0.2) is 55.3 Å². The smallest absolute Gasteiger partial charge is 0.410 e. The maximum atomic E-state index is 11.9. The van der Waals surface area contributed by atoms with Gasteiger partial charge >= 0.3 is 12.1 Å². The van der Waals surface area contributed by atoms with Gasteiger partial charge in [0, 0.05) is 25.7 Å². The average Bonchev–Trinajstić information content (AvgIpc) is 2.27. The van der Waals surface area contributed by atoms with Crippen LogP contribution in [0.15, 0.2) is 0 Å². The van der Waals surface area contributed by atoms with Crippen LogP contribution in [0.1, 0.15) is 27.2 Å². The van der Waals surface area contributed by atoms with E-state index in [2.05, 4.69) is 10.1 Å². The molecule has 0 aliphatic carbocycles. The fraction of sp³-hybridized carbons (Fsp3) is 0.833. The molecule has 1 aliphatic heterocycles. The second-order valence-electron chi connectivity index (χ2n) is 5.36. The molecule has 112 valence electrons. The highest BCUT2D eigenvalue weighted by molar-refractivity contribution is 5.85. The fourth-order valence-corrected chi connectivity index (χ4v) is 1.74. The third kappa shape index (κ3) is 6.63. The lowest BCUT2D eigenvalue weighted by Crippen LogP contribution is -2.54. The Morgan fingerprint density at radius 3 is 2.53 bits per heavy atom. The molecule has 0 radical (unpaired) electrons. The monoisotopic (exact) mass is 294 g/mol. The summed E-state index contributed by atoms with van der Waals surface area (Å²) in [6.45, 7) is 7.20. The van der Waals surface area contributed by atoms with E-state index in [1.807, 2.05) is 20.8 Å². The SMILES string of the molecule is COC(=O)C[C@H]1CN(C(=O)OC(C)(C)C)CCN1.Cl. The van der Waals surface area contributed by atoms with Crippen molar-refractivity contribution in [1.82, 2.24) is 10.2 Å². The number of carbonyl (C=O) groups excluding carboxylic acids is 2. The lowest BCUT2D eigenvalue weighted by atomic mass is 10.1. The molecule has 19 heavy (non-hydrogen) atoms. The molecule has 7 heteroatoms. The number of nitrogens with one attached hydrogen (secondary N) is 1. The highest BCUT2D eigenvalue weighted by Gasteiger charge is 2.28. The molecule has 1 atom stereocenters. The van der Waals surface area contributed by atoms with Gasteiger partial charge in [0.1, 0.15) is 5.60 Å². The van der Waals surface area contributed by atoms with Crippen molar-refractivity contribution >= 4 is 24.5 Å². The third-order valence-electron chi connectivity index (χ3n) is 2.55. The minimum Gasteiger partial charge on any atom is -0.469 e. The molecule has 0 spiro atoms. The molecular formula is C12H23ClN2O4. The van der Waals surface area contributed by atoms with Gasteiger partial charge in [0.25, 0.3) is 0 Å². The van der Waals surface area contributed by atoms with Crippen molar-refractivity contribution in [2.24, 2.45) is 0 Å². The fourth-order valence-electron chi connectivity index (χ4n) is 1.74. The van der Waals surface area contributed by atoms with Crippen molar-refractivity contribution in [3.63, 3.8) is 0 Å². The van der Waals surface area contributed by atoms with Crippen LogP contribution >= 0.6 is 12.4 Å². The zero-order chi connectivity index (χ0) is 13.8. The van der Waals surface area contributed by atoms with Gasteiger partial charge in [0.2, 0.25) is 0 Å². The second-order valence-corrected chi connectivity index (χ2v) is 5.36. The molecule has 0 aromatic carbocycles. The van der Waals surface area contributed by atoms with Gasteiger partial charge < -0.3 is 19.7 Å². The standard InChI is InChI=1S/C12H22N2O4.ClH/c1-12(2,3)18-11(16)14-6-5-13-9(8-14)7-10(15)17-4;/h9,13H,5-8H2,1-4H3;1H/t9-;/m0./s1. The van der Waals surface area contributed by atoms with Crippen molar-refractivity contribution < 1.29 is 19.1 Å². The van der Waals surface area contributed by atoms with Gasteiger partial charge in [-0.3, -0.25) is 4.79 Å². The number of methoxy groups -OCH3 is 1. The van der Waals surface area contributed by atoms with E-state index in [-0.39, 0.29) is 36.9 Å². The predicted octanol–water partition coefficient (Wildman–Crippen LogP) is 1.18. The summed E-state index contributed by atoms with van der Waals surface area (Å²) in [7, 11) is 1.36. The molecule has 0 aromatic rings. The van der Waals surface area contributed by atoms with E-state index in [0.717, 1.165) is 0 Å². The Hall–Kier alpha value is -1.01. The zero-order valence-corrected chi connectivity index (χ0v) is 12.7. The number of rotatable bonds is 2. The largest absolute Gasteiger partial charge is 0.469 e. The summed E-state index contributed by atoms with van der Waals surface area (Å²) >= 11 is 0. The average molecular weight is 295 g/mol. The van der Waals surface area contributed by atoms with Gasteiger partial charge in [-0.05, 0) is 20.8 Å². The first-order chi connectivity index (χ1) is 8.31. The van der Waals surface area contributed by atoms with Gasteiger partial charge in [0.15, 0.2) is 0 Å². The van der Waals surface area contributed by atoms with E-state index in [1.165, 1.54) is 7.11 Å². The molecule has 1 fully saturated rings. The molecule has 1 amide bonds.